The van der Waals surface area contributed by atoms with E-state index in [-0.39, 0.29) is 5.97 Å². The molecular formula is C16H14Cl2O2. The summed E-state index contributed by atoms with van der Waals surface area (Å²) in [6.07, 6.45) is 0.669. The van der Waals surface area contributed by atoms with Gasteiger partial charge in [0, 0.05) is 0 Å². The molecule has 2 aromatic rings. The van der Waals surface area contributed by atoms with Crippen molar-refractivity contribution in [1.82, 2.24) is 0 Å². The first-order valence-electron chi connectivity index (χ1n) is 6.30. The van der Waals surface area contributed by atoms with Gasteiger partial charge < -0.3 is 4.74 Å². The van der Waals surface area contributed by atoms with E-state index >= 15 is 0 Å². The summed E-state index contributed by atoms with van der Waals surface area (Å²) in [5, 5.41) is 1.12. The predicted octanol–water partition coefficient (Wildman–Crippen LogP) is 4.76. The Morgan fingerprint density at radius 3 is 2.45 bits per heavy atom. The number of rotatable bonds is 4. The second kappa shape index (κ2) is 6.78. The Morgan fingerprint density at radius 2 is 1.80 bits per heavy atom. The minimum Gasteiger partial charge on any atom is -0.462 e. The van der Waals surface area contributed by atoms with Crippen LogP contribution in [0, 0.1) is 0 Å². The Hall–Kier alpha value is -1.51. The molecule has 0 aliphatic rings. The van der Waals surface area contributed by atoms with Crippen molar-refractivity contribution < 1.29 is 9.53 Å². The fourth-order valence-electron chi connectivity index (χ4n) is 1.88. The van der Waals surface area contributed by atoms with Gasteiger partial charge in [-0.3, -0.25) is 0 Å². The van der Waals surface area contributed by atoms with E-state index in [1.165, 1.54) is 0 Å². The van der Waals surface area contributed by atoms with Gasteiger partial charge >= 0.3 is 5.97 Å². The zero-order valence-electron chi connectivity index (χ0n) is 11.0. The number of benzene rings is 2. The Morgan fingerprint density at radius 1 is 1.10 bits per heavy atom. The molecule has 0 spiro atoms. The summed E-state index contributed by atoms with van der Waals surface area (Å²) in [6.45, 7) is 2.16. The first-order valence-corrected chi connectivity index (χ1v) is 7.06. The molecule has 0 aromatic heterocycles. The molecule has 0 radical (unpaired) electrons. The van der Waals surface area contributed by atoms with Crippen molar-refractivity contribution in [1.29, 1.82) is 0 Å². The summed E-state index contributed by atoms with van der Waals surface area (Å²) in [7, 11) is 0. The Balaban J connectivity index is 2.15. The smallest absolute Gasteiger partial charge is 0.338 e. The lowest BCUT2D eigenvalue weighted by Gasteiger charge is -2.07. The first kappa shape index (κ1) is 14.9. The van der Waals surface area contributed by atoms with Gasteiger partial charge in [-0.25, -0.2) is 4.79 Å². The molecule has 0 aliphatic carbocycles. The molecule has 104 valence electrons. The second-order valence-electron chi connectivity index (χ2n) is 4.31. The van der Waals surface area contributed by atoms with Crippen LogP contribution in [-0.4, -0.2) is 12.6 Å². The molecule has 0 fully saturated rings. The van der Waals surface area contributed by atoms with E-state index in [2.05, 4.69) is 0 Å². The quantitative estimate of drug-likeness (QED) is 0.761. The third kappa shape index (κ3) is 3.53. The largest absolute Gasteiger partial charge is 0.462 e. The molecule has 20 heavy (non-hydrogen) atoms. The van der Waals surface area contributed by atoms with Gasteiger partial charge in [-0.05, 0) is 42.7 Å². The normalized spacial score (nSPS) is 10.3. The van der Waals surface area contributed by atoms with E-state index < -0.39 is 0 Å². The van der Waals surface area contributed by atoms with Crippen LogP contribution in [0.15, 0.2) is 42.5 Å². The van der Waals surface area contributed by atoms with E-state index in [1.807, 2.05) is 24.3 Å². The third-order valence-electron chi connectivity index (χ3n) is 2.89. The molecule has 2 rings (SSSR count). The molecule has 0 N–H and O–H groups in total. The molecule has 0 aliphatic heterocycles. The lowest BCUT2D eigenvalue weighted by atomic mass is 10.0. The number of esters is 1. The third-order valence-corrected chi connectivity index (χ3v) is 3.75. The number of halogens is 2. The molecule has 0 amide bonds. The minimum atomic E-state index is -0.306. The van der Waals surface area contributed by atoms with Gasteiger partial charge in [0.05, 0.1) is 22.2 Å². The van der Waals surface area contributed by atoms with Crippen LogP contribution >= 0.6 is 23.2 Å². The van der Waals surface area contributed by atoms with Crippen LogP contribution in [0.25, 0.3) is 0 Å². The molecule has 0 heterocycles. The van der Waals surface area contributed by atoms with Crippen LogP contribution in [-0.2, 0) is 11.2 Å². The SMILES string of the molecule is CCOC(=O)c1ccc(Cc2cccc(Cl)c2Cl)cc1. The highest BCUT2D eigenvalue weighted by molar-refractivity contribution is 6.42. The van der Waals surface area contributed by atoms with Crippen LogP contribution in [0.3, 0.4) is 0 Å². The van der Waals surface area contributed by atoms with Crippen LogP contribution in [0.5, 0.6) is 0 Å². The van der Waals surface area contributed by atoms with E-state index in [0.29, 0.717) is 28.6 Å². The van der Waals surface area contributed by atoms with E-state index in [0.717, 1.165) is 11.1 Å². The number of hydrogen-bond donors (Lipinski definition) is 0. The maximum atomic E-state index is 11.6. The molecule has 0 atom stereocenters. The van der Waals surface area contributed by atoms with Gasteiger partial charge in [0.15, 0.2) is 0 Å². The lowest BCUT2D eigenvalue weighted by Crippen LogP contribution is -2.04. The van der Waals surface area contributed by atoms with Crippen LogP contribution in [0.2, 0.25) is 10.0 Å². The summed E-state index contributed by atoms with van der Waals surface area (Å²) < 4.78 is 4.94. The van der Waals surface area contributed by atoms with E-state index in [4.69, 9.17) is 27.9 Å². The van der Waals surface area contributed by atoms with E-state index in [1.54, 1.807) is 25.1 Å². The standard InChI is InChI=1S/C16H14Cl2O2/c1-2-20-16(19)12-8-6-11(7-9-12)10-13-4-3-5-14(17)15(13)18/h3-9H,2,10H2,1H3. The molecule has 2 aromatic carbocycles. The summed E-state index contributed by atoms with van der Waals surface area (Å²) >= 11 is 12.1. The minimum absolute atomic E-state index is 0.306. The van der Waals surface area contributed by atoms with Gasteiger partial charge in [0.25, 0.3) is 0 Å². The molecule has 0 saturated heterocycles. The van der Waals surface area contributed by atoms with E-state index in [9.17, 15) is 4.79 Å². The predicted molar refractivity (Wildman–Crippen MR) is 81.7 cm³/mol. The highest BCUT2D eigenvalue weighted by atomic mass is 35.5. The Kier molecular flexibility index (Phi) is 5.05. The second-order valence-corrected chi connectivity index (χ2v) is 5.09. The highest BCUT2D eigenvalue weighted by Gasteiger charge is 2.08. The summed E-state index contributed by atoms with van der Waals surface area (Å²) in [4.78, 5) is 11.6. The summed E-state index contributed by atoms with van der Waals surface area (Å²) in [5.41, 5.74) is 2.57. The van der Waals surface area contributed by atoms with Crippen molar-refractivity contribution in [2.24, 2.45) is 0 Å². The highest BCUT2D eigenvalue weighted by Crippen LogP contribution is 2.27. The number of ether oxygens (including phenoxy) is 1. The fourth-order valence-corrected chi connectivity index (χ4v) is 2.26. The van der Waals surface area contributed by atoms with Crippen LogP contribution in [0.1, 0.15) is 28.4 Å². The van der Waals surface area contributed by atoms with Gasteiger partial charge in [0.1, 0.15) is 0 Å². The average molecular weight is 309 g/mol. The number of carbonyl (C=O) groups is 1. The molecule has 0 bridgehead atoms. The topological polar surface area (TPSA) is 26.3 Å². The fraction of sp³-hybridized carbons (Fsp3) is 0.188. The van der Waals surface area contributed by atoms with Crippen molar-refractivity contribution >= 4 is 29.2 Å². The van der Waals surface area contributed by atoms with Gasteiger partial charge in [-0.2, -0.15) is 0 Å². The maximum absolute atomic E-state index is 11.6. The molecular weight excluding hydrogens is 295 g/mol. The first-order chi connectivity index (χ1) is 9.61. The summed E-state index contributed by atoms with van der Waals surface area (Å²) in [6, 6.07) is 12.9. The van der Waals surface area contributed by atoms with Gasteiger partial charge in [-0.1, -0.05) is 47.5 Å². The monoisotopic (exact) mass is 308 g/mol. The lowest BCUT2D eigenvalue weighted by molar-refractivity contribution is 0.0526. The van der Waals surface area contributed by atoms with Gasteiger partial charge in [0.2, 0.25) is 0 Å². The molecule has 0 unspecified atom stereocenters. The van der Waals surface area contributed by atoms with Crippen LogP contribution < -0.4 is 0 Å². The Bertz CT molecular complexity index is 606. The van der Waals surface area contributed by atoms with Crippen molar-refractivity contribution in [3.05, 3.63) is 69.2 Å². The number of hydrogen-bond acceptors (Lipinski definition) is 2. The summed E-state index contributed by atoms with van der Waals surface area (Å²) in [5.74, 6) is -0.306. The van der Waals surface area contributed by atoms with Gasteiger partial charge in [-0.15, -0.1) is 0 Å². The van der Waals surface area contributed by atoms with Crippen molar-refractivity contribution in [2.45, 2.75) is 13.3 Å². The van der Waals surface area contributed by atoms with Crippen molar-refractivity contribution in [3.63, 3.8) is 0 Å². The van der Waals surface area contributed by atoms with Crippen molar-refractivity contribution in [2.75, 3.05) is 6.61 Å². The zero-order chi connectivity index (χ0) is 14.5. The molecule has 2 nitrogen and oxygen atoms in total. The molecule has 0 saturated carbocycles. The van der Waals surface area contributed by atoms with Crippen molar-refractivity contribution in [3.8, 4) is 0 Å². The Labute approximate surface area is 128 Å². The zero-order valence-corrected chi connectivity index (χ0v) is 12.5. The maximum Gasteiger partial charge on any atom is 0.338 e. The molecule has 4 heteroatoms. The van der Waals surface area contributed by atoms with Crippen LogP contribution in [0.4, 0.5) is 0 Å². The average Bonchev–Trinajstić information content (AvgIpc) is 2.45. The number of carbonyl (C=O) groups excluding carboxylic acids is 1.